The van der Waals surface area contributed by atoms with Gasteiger partial charge in [-0.15, -0.1) is 0 Å². The van der Waals surface area contributed by atoms with Gasteiger partial charge in [-0.3, -0.25) is 9.69 Å². The number of rotatable bonds is 5. The average molecular weight is 278 g/mol. The van der Waals surface area contributed by atoms with E-state index in [1.54, 1.807) is 17.2 Å². The molecule has 0 saturated carbocycles. The molecule has 0 bridgehead atoms. The Kier molecular flexibility index (Phi) is 4.55. The molecule has 2 aliphatic rings. The van der Waals surface area contributed by atoms with Gasteiger partial charge in [-0.25, -0.2) is 9.98 Å². The third-order valence-electron chi connectivity index (χ3n) is 3.38. The van der Waals surface area contributed by atoms with Crippen molar-refractivity contribution >= 4 is 35.3 Å². The zero-order chi connectivity index (χ0) is 13.8. The molecule has 0 aromatic carbocycles. The Morgan fingerprint density at radius 1 is 1.42 bits per heavy atom. The Hall–Kier alpha value is -1.40. The summed E-state index contributed by atoms with van der Waals surface area (Å²) in [6.07, 6.45) is 5.23. The van der Waals surface area contributed by atoms with Crippen LogP contribution < -0.4 is 0 Å². The van der Waals surface area contributed by atoms with Crippen LogP contribution in [0.5, 0.6) is 0 Å². The first kappa shape index (κ1) is 14.0. The maximum Gasteiger partial charge on any atom is 0.243 e. The van der Waals surface area contributed by atoms with Gasteiger partial charge in [-0.2, -0.15) is 0 Å². The average Bonchev–Trinajstić information content (AvgIpc) is 2.43. The maximum atomic E-state index is 12.4. The van der Waals surface area contributed by atoms with E-state index in [1.165, 1.54) is 0 Å². The van der Waals surface area contributed by atoms with Crippen molar-refractivity contribution in [3.05, 3.63) is 12.2 Å². The van der Waals surface area contributed by atoms with Gasteiger partial charge in [0, 0.05) is 19.3 Å². The maximum absolute atomic E-state index is 12.4. The molecule has 1 atom stereocenters. The second-order valence-corrected chi connectivity index (χ2v) is 4.78. The molecule has 102 valence electrons. The van der Waals surface area contributed by atoms with E-state index in [-0.39, 0.29) is 11.8 Å². The van der Waals surface area contributed by atoms with Crippen LogP contribution in [0.4, 0.5) is 0 Å². The molecule has 1 amide bonds. The fraction of sp³-hybridized carbons (Fsp3) is 0.538. The lowest BCUT2D eigenvalue weighted by Gasteiger charge is -2.31. The van der Waals surface area contributed by atoms with Gasteiger partial charge in [0.1, 0.15) is 11.8 Å². The van der Waals surface area contributed by atoms with E-state index in [2.05, 4.69) is 28.7 Å². The fourth-order valence-electron chi connectivity index (χ4n) is 2.15. The van der Waals surface area contributed by atoms with Gasteiger partial charge >= 0.3 is 0 Å². The molecule has 0 aliphatic carbocycles. The number of amidine groups is 1. The van der Waals surface area contributed by atoms with Crippen molar-refractivity contribution in [1.82, 2.24) is 9.80 Å². The number of hydrogen-bond acceptors (Lipinski definition) is 4. The fourth-order valence-corrected chi connectivity index (χ4v) is 2.42. The number of carbonyl (C=O) groups excluding carboxylic acids is 1. The third-order valence-corrected chi connectivity index (χ3v) is 3.69. The van der Waals surface area contributed by atoms with E-state index in [4.69, 9.17) is 12.2 Å². The molecule has 0 aromatic rings. The lowest BCUT2D eigenvalue weighted by Crippen LogP contribution is -2.48. The quantitative estimate of drug-likeness (QED) is 0.708. The van der Waals surface area contributed by atoms with E-state index < -0.39 is 0 Å². The molecule has 19 heavy (non-hydrogen) atoms. The summed E-state index contributed by atoms with van der Waals surface area (Å²) in [5.74, 6) is 0.125. The van der Waals surface area contributed by atoms with Gasteiger partial charge in [0.2, 0.25) is 11.0 Å². The SMILES string of the molecule is CCN(CC)CCN1C(=O)C2C=CC=NC2=NC1=S. The summed E-state index contributed by atoms with van der Waals surface area (Å²) in [6.45, 7) is 7.54. The van der Waals surface area contributed by atoms with Crippen molar-refractivity contribution in [2.45, 2.75) is 13.8 Å². The van der Waals surface area contributed by atoms with Gasteiger partial charge in [0.05, 0.1) is 0 Å². The van der Waals surface area contributed by atoms with E-state index in [0.717, 1.165) is 19.6 Å². The highest BCUT2D eigenvalue weighted by Crippen LogP contribution is 2.18. The van der Waals surface area contributed by atoms with Gasteiger partial charge in [0.25, 0.3) is 0 Å². The first-order chi connectivity index (χ1) is 9.17. The van der Waals surface area contributed by atoms with Crippen LogP contribution in [-0.4, -0.2) is 59.0 Å². The molecule has 6 heteroatoms. The van der Waals surface area contributed by atoms with Crippen molar-refractivity contribution in [2.75, 3.05) is 26.2 Å². The Labute approximate surface area is 118 Å². The number of hydrogen-bond donors (Lipinski definition) is 0. The number of carbonyl (C=O) groups is 1. The lowest BCUT2D eigenvalue weighted by atomic mass is 10.0. The Bertz CT molecular complexity index is 465. The van der Waals surface area contributed by atoms with Crippen LogP contribution in [-0.2, 0) is 4.79 Å². The number of allylic oxidation sites excluding steroid dienone is 1. The molecule has 0 N–H and O–H groups in total. The number of fused-ring (bicyclic) bond motifs is 1. The first-order valence-electron chi connectivity index (χ1n) is 6.54. The highest BCUT2D eigenvalue weighted by molar-refractivity contribution is 7.80. The summed E-state index contributed by atoms with van der Waals surface area (Å²) >= 11 is 5.20. The van der Waals surface area contributed by atoms with Crippen LogP contribution in [0.3, 0.4) is 0 Å². The predicted molar refractivity (Wildman–Crippen MR) is 80.7 cm³/mol. The summed E-state index contributed by atoms with van der Waals surface area (Å²) in [5.41, 5.74) is 0. The molecule has 2 aliphatic heterocycles. The van der Waals surface area contributed by atoms with Crippen LogP contribution >= 0.6 is 12.2 Å². The third kappa shape index (κ3) is 2.96. The minimum atomic E-state index is -0.367. The van der Waals surface area contributed by atoms with Gasteiger partial charge in [-0.1, -0.05) is 19.9 Å². The monoisotopic (exact) mass is 278 g/mol. The molecular weight excluding hydrogens is 260 g/mol. The predicted octanol–water partition coefficient (Wildman–Crippen LogP) is 1.11. The number of aliphatic imine (C=N–C) groups is 2. The molecule has 0 spiro atoms. The number of nitrogens with zero attached hydrogens (tertiary/aromatic N) is 4. The van der Waals surface area contributed by atoms with Crippen LogP contribution in [0.2, 0.25) is 0 Å². The minimum Gasteiger partial charge on any atom is -0.302 e. The second kappa shape index (κ2) is 6.16. The summed E-state index contributed by atoms with van der Waals surface area (Å²) in [7, 11) is 0. The molecular formula is C13H18N4OS. The smallest absolute Gasteiger partial charge is 0.243 e. The van der Waals surface area contributed by atoms with Crippen molar-refractivity contribution in [3.63, 3.8) is 0 Å². The van der Waals surface area contributed by atoms with Crippen LogP contribution in [0, 0.1) is 5.92 Å². The second-order valence-electron chi connectivity index (χ2n) is 4.41. The lowest BCUT2D eigenvalue weighted by molar-refractivity contribution is -0.128. The Balaban J connectivity index is 2.08. The zero-order valence-electron chi connectivity index (χ0n) is 11.2. The van der Waals surface area contributed by atoms with Crippen LogP contribution in [0.25, 0.3) is 0 Å². The largest absolute Gasteiger partial charge is 0.302 e. The van der Waals surface area contributed by atoms with E-state index in [0.29, 0.717) is 17.5 Å². The van der Waals surface area contributed by atoms with Crippen molar-refractivity contribution in [1.29, 1.82) is 0 Å². The van der Waals surface area contributed by atoms with Crippen LogP contribution in [0.1, 0.15) is 13.8 Å². The molecule has 2 rings (SSSR count). The highest BCUT2D eigenvalue weighted by atomic mass is 32.1. The molecule has 0 aromatic heterocycles. The molecule has 0 fully saturated rings. The van der Waals surface area contributed by atoms with Crippen molar-refractivity contribution < 1.29 is 4.79 Å². The highest BCUT2D eigenvalue weighted by Gasteiger charge is 2.34. The minimum absolute atomic E-state index is 0.0183. The summed E-state index contributed by atoms with van der Waals surface area (Å²) in [5, 5.41) is 0.329. The molecule has 1 unspecified atom stereocenters. The Morgan fingerprint density at radius 3 is 2.84 bits per heavy atom. The number of thiocarbonyl (C=S) groups is 1. The standard InChI is InChI=1S/C13H18N4OS/c1-3-16(4-2)8-9-17-12(18)10-6-5-7-14-11(10)15-13(17)19/h5-7,10H,3-4,8-9H2,1-2H3. The number of dihydropyridines is 1. The molecule has 2 heterocycles. The topological polar surface area (TPSA) is 48.3 Å². The summed E-state index contributed by atoms with van der Waals surface area (Å²) in [6, 6.07) is 0. The van der Waals surface area contributed by atoms with Crippen LogP contribution in [0.15, 0.2) is 22.1 Å². The molecule has 5 nitrogen and oxygen atoms in total. The number of likely N-dealkylation sites (N-methyl/N-ethyl adjacent to an activating group) is 1. The van der Waals surface area contributed by atoms with E-state index in [9.17, 15) is 4.79 Å². The normalized spacial score (nSPS) is 21.9. The molecule has 0 saturated heterocycles. The summed E-state index contributed by atoms with van der Waals surface area (Å²) < 4.78 is 0. The van der Waals surface area contributed by atoms with E-state index >= 15 is 0 Å². The van der Waals surface area contributed by atoms with Gasteiger partial charge in [0.15, 0.2) is 0 Å². The van der Waals surface area contributed by atoms with Crippen molar-refractivity contribution in [2.24, 2.45) is 15.9 Å². The summed E-state index contributed by atoms with van der Waals surface area (Å²) in [4.78, 5) is 24.6. The first-order valence-corrected chi connectivity index (χ1v) is 6.95. The number of amides is 1. The zero-order valence-corrected chi connectivity index (χ0v) is 12.1. The van der Waals surface area contributed by atoms with E-state index in [1.807, 2.05) is 6.08 Å². The van der Waals surface area contributed by atoms with Gasteiger partial charge in [-0.05, 0) is 31.4 Å². The van der Waals surface area contributed by atoms with Crippen molar-refractivity contribution in [3.8, 4) is 0 Å². The van der Waals surface area contributed by atoms with Gasteiger partial charge < -0.3 is 4.90 Å². The molecule has 0 radical (unpaired) electrons. The Morgan fingerprint density at radius 2 is 2.16 bits per heavy atom.